The maximum absolute atomic E-state index is 9.44. The summed E-state index contributed by atoms with van der Waals surface area (Å²) < 4.78 is 5.66. The second kappa shape index (κ2) is 6.58. The molecule has 3 heteroatoms. The fraction of sp³-hybridized carbons (Fsp3) is 1.00. The van der Waals surface area contributed by atoms with Crippen molar-refractivity contribution in [1.29, 1.82) is 0 Å². The van der Waals surface area contributed by atoms with E-state index in [1.807, 2.05) is 0 Å². The number of aliphatic hydroxyl groups excluding tert-OH is 1. The van der Waals surface area contributed by atoms with E-state index in [-0.39, 0.29) is 18.8 Å². The maximum atomic E-state index is 9.44. The Morgan fingerprint density at radius 2 is 1.81 bits per heavy atom. The summed E-state index contributed by atoms with van der Waals surface area (Å²) >= 11 is 0. The highest BCUT2D eigenvalue weighted by molar-refractivity contribution is 4.84. The molecule has 2 atom stereocenters. The van der Waals surface area contributed by atoms with E-state index in [0.717, 1.165) is 19.4 Å². The van der Waals surface area contributed by atoms with Gasteiger partial charge in [-0.15, -0.1) is 0 Å². The molecule has 2 unspecified atom stereocenters. The van der Waals surface area contributed by atoms with Gasteiger partial charge in [0.05, 0.1) is 18.8 Å². The van der Waals surface area contributed by atoms with Gasteiger partial charge >= 0.3 is 0 Å². The lowest BCUT2D eigenvalue weighted by Crippen LogP contribution is -2.47. The second-order valence-electron chi connectivity index (χ2n) is 5.20. The molecule has 1 heterocycles. The van der Waals surface area contributed by atoms with E-state index in [0.29, 0.717) is 6.04 Å². The summed E-state index contributed by atoms with van der Waals surface area (Å²) in [6, 6.07) is 0.759. The van der Waals surface area contributed by atoms with Gasteiger partial charge in [-0.25, -0.2) is 0 Å². The van der Waals surface area contributed by atoms with Crippen LogP contribution in [0.3, 0.4) is 0 Å². The molecule has 2 N–H and O–H groups in total. The van der Waals surface area contributed by atoms with Crippen LogP contribution in [0.5, 0.6) is 0 Å². The molecule has 16 heavy (non-hydrogen) atoms. The molecule has 0 radical (unpaired) electrons. The first-order valence-electron chi connectivity index (χ1n) is 6.88. The SMILES string of the molecule is OCC(NC1CCCCCC1)C1CCCO1. The van der Waals surface area contributed by atoms with E-state index < -0.39 is 0 Å². The molecule has 1 aliphatic heterocycles. The Bertz CT molecular complexity index is 184. The lowest BCUT2D eigenvalue weighted by Gasteiger charge is -2.27. The maximum Gasteiger partial charge on any atom is 0.0751 e. The predicted molar refractivity (Wildman–Crippen MR) is 64.5 cm³/mol. The van der Waals surface area contributed by atoms with Crippen molar-refractivity contribution < 1.29 is 9.84 Å². The van der Waals surface area contributed by atoms with Crippen molar-refractivity contribution in [3.8, 4) is 0 Å². The van der Waals surface area contributed by atoms with Crippen molar-refractivity contribution in [3.63, 3.8) is 0 Å². The topological polar surface area (TPSA) is 41.5 Å². The molecule has 2 rings (SSSR count). The van der Waals surface area contributed by atoms with E-state index in [4.69, 9.17) is 4.74 Å². The van der Waals surface area contributed by atoms with Gasteiger partial charge in [0, 0.05) is 12.6 Å². The van der Waals surface area contributed by atoms with Crippen molar-refractivity contribution in [1.82, 2.24) is 5.32 Å². The highest BCUT2D eigenvalue weighted by Crippen LogP contribution is 2.20. The molecule has 2 aliphatic rings. The predicted octanol–water partition coefficient (Wildman–Crippen LogP) is 1.84. The van der Waals surface area contributed by atoms with Crippen LogP contribution >= 0.6 is 0 Å². The zero-order chi connectivity index (χ0) is 11.2. The van der Waals surface area contributed by atoms with Crippen LogP contribution in [-0.2, 0) is 4.74 Å². The summed E-state index contributed by atoms with van der Waals surface area (Å²) in [4.78, 5) is 0. The second-order valence-corrected chi connectivity index (χ2v) is 5.20. The Balaban J connectivity index is 1.79. The molecule has 0 spiro atoms. The molecule has 1 aliphatic carbocycles. The average Bonchev–Trinajstić information content (AvgIpc) is 2.71. The van der Waals surface area contributed by atoms with Crippen molar-refractivity contribution in [3.05, 3.63) is 0 Å². The Morgan fingerprint density at radius 1 is 1.06 bits per heavy atom. The van der Waals surface area contributed by atoms with E-state index in [9.17, 15) is 5.11 Å². The third kappa shape index (κ3) is 3.44. The molecule has 0 aromatic carbocycles. The number of ether oxygens (including phenoxy) is 1. The molecule has 0 aromatic rings. The summed E-state index contributed by atoms with van der Waals surface area (Å²) in [5, 5.41) is 13.1. The van der Waals surface area contributed by atoms with Crippen LogP contribution in [0.4, 0.5) is 0 Å². The van der Waals surface area contributed by atoms with Gasteiger partial charge in [0.25, 0.3) is 0 Å². The van der Waals surface area contributed by atoms with Crippen molar-refractivity contribution in [2.75, 3.05) is 13.2 Å². The lowest BCUT2D eigenvalue weighted by molar-refractivity contribution is 0.0501. The molecule has 1 saturated heterocycles. The van der Waals surface area contributed by atoms with Crippen LogP contribution in [0.25, 0.3) is 0 Å². The molecule has 0 aromatic heterocycles. The van der Waals surface area contributed by atoms with Gasteiger partial charge in [0.2, 0.25) is 0 Å². The molecule has 0 bridgehead atoms. The molecule has 94 valence electrons. The van der Waals surface area contributed by atoms with E-state index in [1.54, 1.807) is 0 Å². The minimum atomic E-state index is 0.158. The standard InChI is InChI=1S/C13H25NO2/c15-10-12(13-8-5-9-16-13)14-11-6-3-1-2-4-7-11/h11-15H,1-10H2. The Morgan fingerprint density at radius 3 is 2.38 bits per heavy atom. The van der Waals surface area contributed by atoms with Crippen LogP contribution in [-0.4, -0.2) is 36.5 Å². The summed E-state index contributed by atoms with van der Waals surface area (Å²) in [5.41, 5.74) is 0. The number of nitrogens with one attached hydrogen (secondary N) is 1. The van der Waals surface area contributed by atoms with Crippen LogP contribution < -0.4 is 5.32 Å². The number of hydrogen-bond donors (Lipinski definition) is 2. The molecule has 0 amide bonds. The minimum absolute atomic E-state index is 0.158. The van der Waals surface area contributed by atoms with E-state index in [1.165, 1.54) is 38.5 Å². The number of aliphatic hydroxyl groups is 1. The largest absolute Gasteiger partial charge is 0.395 e. The number of hydrogen-bond acceptors (Lipinski definition) is 3. The van der Waals surface area contributed by atoms with Crippen molar-refractivity contribution in [2.24, 2.45) is 0 Å². The summed E-state index contributed by atoms with van der Waals surface area (Å²) in [6.45, 7) is 1.08. The van der Waals surface area contributed by atoms with Crippen LogP contribution in [0.2, 0.25) is 0 Å². The Hall–Kier alpha value is -0.120. The quantitative estimate of drug-likeness (QED) is 0.720. The fourth-order valence-electron chi connectivity index (χ4n) is 2.95. The molecule has 2 fully saturated rings. The van der Waals surface area contributed by atoms with Gasteiger partial charge in [-0.1, -0.05) is 25.7 Å². The van der Waals surface area contributed by atoms with Gasteiger partial charge in [-0.05, 0) is 25.7 Å². The number of rotatable bonds is 4. The smallest absolute Gasteiger partial charge is 0.0751 e. The summed E-state index contributed by atoms with van der Waals surface area (Å²) in [7, 11) is 0. The van der Waals surface area contributed by atoms with Crippen molar-refractivity contribution >= 4 is 0 Å². The Labute approximate surface area is 98.6 Å². The third-order valence-corrected chi connectivity index (χ3v) is 3.92. The van der Waals surface area contributed by atoms with Gasteiger partial charge < -0.3 is 15.2 Å². The molecule has 3 nitrogen and oxygen atoms in total. The molecular weight excluding hydrogens is 202 g/mol. The summed E-state index contributed by atoms with van der Waals surface area (Å²) in [6.07, 6.45) is 10.4. The van der Waals surface area contributed by atoms with Crippen molar-refractivity contribution in [2.45, 2.75) is 69.6 Å². The first kappa shape index (κ1) is 12.3. The van der Waals surface area contributed by atoms with Crippen LogP contribution in [0.1, 0.15) is 51.4 Å². The van der Waals surface area contributed by atoms with Gasteiger partial charge in [-0.2, -0.15) is 0 Å². The lowest BCUT2D eigenvalue weighted by atomic mass is 10.0. The minimum Gasteiger partial charge on any atom is -0.395 e. The third-order valence-electron chi connectivity index (χ3n) is 3.92. The van der Waals surface area contributed by atoms with E-state index >= 15 is 0 Å². The zero-order valence-electron chi connectivity index (χ0n) is 10.2. The highest BCUT2D eigenvalue weighted by atomic mass is 16.5. The monoisotopic (exact) mass is 227 g/mol. The first-order chi connectivity index (χ1) is 7.90. The molecular formula is C13H25NO2. The average molecular weight is 227 g/mol. The van der Waals surface area contributed by atoms with Gasteiger partial charge in [-0.3, -0.25) is 0 Å². The van der Waals surface area contributed by atoms with Gasteiger partial charge in [0.15, 0.2) is 0 Å². The van der Waals surface area contributed by atoms with Crippen LogP contribution in [0, 0.1) is 0 Å². The zero-order valence-corrected chi connectivity index (χ0v) is 10.2. The first-order valence-corrected chi connectivity index (χ1v) is 6.88. The molecule has 1 saturated carbocycles. The van der Waals surface area contributed by atoms with Gasteiger partial charge in [0.1, 0.15) is 0 Å². The fourth-order valence-corrected chi connectivity index (χ4v) is 2.95. The highest BCUT2D eigenvalue weighted by Gasteiger charge is 2.27. The summed E-state index contributed by atoms with van der Waals surface area (Å²) in [5.74, 6) is 0. The van der Waals surface area contributed by atoms with Crippen LogP contribution in [0.15, 0.2) is 0 Å². The van der Waals surface area contributed by atoms with E-state index in [2.05, 4.69) is 5.32 Å². The normalized spacial score (nSPS) is 30.2. The Kier molecular flexibility index (Phi) is 5.07.